The lowest BCUT2D eigenvalue weighted by atomic mass is 10.1. The molecule has 0 spiro atoms. The van der Waals surface area contributed by atoms with Gasteiger partial charge in [-0.15, -0.1) is 0 Å². The highest BCUT2D eigenvalue weighted by atomic mass is 16.2. The van der Waals surface area contributed by atoms with E-state index in [4.69, 9.17) is 0 Å². The summed E-state index contributed by atoms with van der Waals surface area (Å²) < 4.78 is 0. The van der Waals surface area contributed by atoms with Crippen LogP contribution in [0.5, 0.6) is 0 Å². The van der Waals surface area contributed by atoms with E-state index in [9.17, 15) is 14.4 Å². The molecule has 0 bridgehead atoms. The number of hydrogen-bond acceptors (Lipinski definition) is 3. The zero-order valence-corrected chi connectivity index (χ0v) is 11.3. The van der Waals surface area contributed by atoms with Crippen molar-refractivity contribution in [3.8, 4) is 0 Å². The molecular formula is C14H22N2O3. The number of carbonyl (C=O) groups excluding carboxylic acids is 3. The second-order valence-corrected chi connectivity index (χ2v) is 5.45. The number of hydrogen-bond donors (Lipinski definition) is 1. The van der Waals surface area contributed by atoms with Gasteiger partial charge in [-0.05, 0) is 12.8 Å². The lowest BCUT2D eigenvalue weighted by Gasteiger charge is -2.18. The van der Waals surface area contributed by atoms with Gasteiger partial charge in [0.2, 0.25) is 17.7 Å². The summed E-state index contributed by atoms with van der Waals surface area (Å²) in [6.07, 6.45) is 7.77. The van der Waals surface area contributed by atoms with Crippen LogP contribution in [0.25, 0.3) is 0 Å². The van der Waals surface area contributed by atoms with Crippen molar-refractivity contribution in [3.63, 3.8) is 0 Å². The summed E-state index contributed by atoms with van der Waals surface area (Å²) in [5.74, 6) is -0.334. The molecule has 19 heavy (non-hydrogen) atoms. The van der Waals surface area contributed by atoms with E-state index >= 15 is 0 Å². The van der Waals surface area contributed by atoms with Crippen molar-refractivity contribution >= 4 is 17.7 Å². The molecule has 1 saturated carbocycles. The smallest absolute Gasteiger partial charge is 0.229 e. The van der Waals surface area contributed by atoms with Crippen molar-refractivity contribution in [2.24, 2.45) is 0 Å². The molecule has 0 atom stereocenters. The zero-order chi connectivity index (χ0) is 13.7. The molecule has 1 heterocycles. The standard InChI is InChI=1S/C14H22N2O3/c17-12(15-11-5-3-1-2-4-6-11)9-10-16-13(18)7-8-14(16)19/h11H,1-10H2,(H,15,17). The Morgan fingerprint density at radius 3 is 2.21 bits per heavy atom. The first-order valence-electron chi connectivity index (χ1n) is 7.29. The van der Waals surface area contributed by atoms with Crippen molar-refractivity contribution in [3.05, 3.63) is 0 Å². The van der Waals surface area contributed by atoms with Crippen LogP contribution >= 0.6 is 0 Å². The van der Waals surface area contributed by atoms with E-state index in [0.29, 0.717) is 12.8 Å². The van der Waals surface area contributed by atoms with Crippen LogP contribution in [-0.2, 0) is 14.4 Å². The van der Waals surface area contributed by atoms with Gasteiger partial charge in [-0.25, -0.2) is 0 Å². The molecule has 0 unspecified atom stereocenters. The van der Waals surface area contributed by atoms with E-state index in [1.54, 1.807) is 0 Å². The van der Waals surface area contributed by atoms with Crippen molar-refractivity contribution in [1.29, 1.82) is 0 Å². The molecule has 5 nitrogen and oxygen atoms in total. The van der Waals surface area contributed by atoms with Crippen LogP contribution in [0.4, 0.5) is 0 Å². The van der Waals surface area contributed by atoms with Crippen LogP contribution in [0.3, 0.4) is 0 Å². The van der Waals surface area contributed by atoms with Crippen LogP contribution in [0, 0.1) is 0 Å². The third kappa shape index (κ3) is 4.04. The van der Waals surface area contributed by atoms with Gasteiger partial charge in [0.05, 0.1) is 0 Å². The Morgan fingerprint density at radius 1 is 1.05 bits per heavy atom. The molecule has 2 aliphatic rings. The quantitative estimate of drug-likeness (QED) is 0.617. The summed E-state index contributed by atoms with van der Waals surface area (Å²) in [5.41, 5.74) is 0. The molecule has 3 amide bonds. The average molecular weight is 266 g/mol. The zero-order valence-electron chi connectivity index (χ0n) is 11.3. The predicted molar refractivity (Wildman–Crippen MR) is 70.2 cm³/mol. The van der Waals surface area contributed by atoms with Crippen molar-refractivity contribution < 1.29 is 14.4 Å². The maximum Gasteiger partial charge on any atom is 0.229 e. The molecule has 1 saturated heterocycles. The highest BCUT2D eigenvalue weighted by Crippen LogP contribution is 2.17. The van der Waals surface area contributed by atoms with Gasteiger partial charge in [0.15, 0.2) is 0 Å². The molecule has 0 aromatic heterocycles. The summed E-state index contributed by atoms with van der Waals surface area (Å²) in [4.78, 5) is 35.9. The third-order valence-electron chi connectivity index (χ3n) is 3.94. The van der Waals surface area contributed by atoms with Gasteiger partial charge in [0.25, 0.3) is 0 Å². The molecule has 2 fully saturated rings. The largest absolute Gasteiger partial charge is 0.353 e. The van der Waals surface area contributed by atoms with Crippen LogP contribution < -0.4 is 5.32 Å². The minimum atomic E-state index is -0.146. The number of nitrogens with one attached hydrogen (secondary N) is 1. The minimum absolute atomic E-state index is 0.0422. The third-order valence-corrected chi connectivity index (χ3v) is 3.94. The second kappa shape index (κ2) is 6.68. The Labute approximate surface area is 113 Å². The maximum absolute atomic E-state index is 11.8. The van der Waals surface area contributed by atoms with E-state index in [2.05, 4.69) is 5.32 Å². The van der Waals surface area contributed by atoms with Crippen LogP contribution in [-0.4, -0.2) is 35.2 Å². The van der Waals surface area contributed by atoms with Gasteiger partial charge < -0.3 is 5.32 Å². The van der Waals surface area contributed by atoms with Crippen molar-refractivity contribution in [2.45, 2.75) is 63.8 Å². The Morgan fingerprint density at radius 2 is 1.63 bits per heavy atom. The van der Waals surface area contributed by atoms with Gasteiger partial charge in [0.1, 0.15) is 0 Å². The number of carbonyl (C=O) groups is 3. The van der Waals surface area contributed by atoms with Gasteiger partial charge in [0, 0.05) is 31.8 Å². The number of amides is 3. The fourth-order valence-electron chi connectivity index (χ4n) is 2.81. The summed E-state index contributed by atoms with van der Waals surface area (Å²) in [7, 11) is 0. The van der Waals surface area contributed by atoms with E-state index in [0.717, 1.165) is 12.8 Å². The van der Waals surface area contributed by atoms with Crippen molar-refractivity contribution in [1.82, 2.24) is 10.2 Å². The Hall–Kier alpha value is -1.39. The highest BCUT2D eigenvalue weighted by Gasteiger charge is 2.28. The van der Waals surface area contributed by atoms with E-state index in [-0.39, 0.29) is 36.7 Å². The first kappa shape index (κ1) is 14.0. The topological polar surface area (TPSA) is 66.5 Å². The average Bonchev–Trinajstić information content (AvgIpc) is 2.59. The number of nitrogens with zero attached hydrogens (tertiary/aromatic N) is 1. The van der Waals surface area contributed by atoms with Crippen LogP contribution in [0.2, 0.25) is 0 Å². The molecule has 1 aliphatic carbocycles. The molecule has 106 valence electrons. The lowest BCUT2D eigenvalue weighted by Crippen LogP contribution is -2.38. The normalized spacial score (nSPS) is 21.6. The van der Waals surface area contributed by atoms with E-state index in [1.807, 2.05) is 0 Å². The number of imide groups is 1. The molecular weight excluding hydrogens is 244 g/mol. The van der Waals surface area contributed by atoms with Crippen LogP contribution in [0.1, 0.15) is 57.8 Å². The highest BCUT2D eigenvalue weighted by molar-refractivity contribution is 6.02. The lowest BCUT2D eigenvalue weighted by molar-refractivity contribution is -0.138. The maximum atomic E-state index is 11.8. The molecule has 1 N–H and O–H groups in total. The summed E-state index contributed by atoms with van der Waals surface area (Å²) >= 11 is 0. The minimum Gasteiger partial charge on any atom is -0.353 e. The monoisotopic (exact) mass is 266 g/mol. The van der Waals surface area contributed by atoms with Gasteiger partial charge in [-0.3, -0.25) is 19.3 Å². The van der Waals surface area contributed by atoms with Gasteiger partial charge in [-0.1, -0.05) is 25.7 Å². The molecule has 5 heteroatoms. The van der Waals surface area contributed by atoms with Crippen molar-refractivity contribution in [2.75, 3.05) is 6.54 Å². The first-order chi connectivity index (χ1) is 9.16. The molecule has 0 aromatic carbocycles. The molecule has 0 radical (unpaired) electrons. The molecule has 0 aromatic rings. The first-order valence-corrected chi connectivity index (χ1v) is 7.29. The van der Waals surface area contributed by atoms with Gasteiger partial charge >= 0.3 is 0 Å². The second-order valence-electron chi connectivity index (χ2n) is 5.45. The van der Waals surface area contributed by atoms with E-state index < -0.39 is 0 Å². The molecule has 1 aliphatic heterocycles. The Bertz CT molecular complexity index is 344. The van der Waals surface area contributed by atoms with Gasteiger partial charge in [-0.2, -0.15) is 0 Å². The summed E-state index contributed by atoms with van der Waals surface area (Å²) in [6.45, 7) is 0.232. The molecule has 2 rings (SSSR count). The fourth-order valence-corrected chi connectivity index (χ4v) is 2.81. The summed E-state index contributed by atoms with van der Waals surface area (Å²) in [6, 6.07) is 0.278. The number of likely N-dealkylation sites (tertiary alicyclic amines) is 1. The van der Waals surface area contributed by atoms with Crippen LogP contribution in [0.15, 0.2) is 0 Å². The van der Waals surface area contributed by atoms with E-state index in [1.165, 1.54) is 30.6 Å². The fraction of sp³-hybridized carbons (Fsp3) is 0.786. The summed E-state index contributed by atoms with van der Waals surface area (Å²) in [5, 5.41) is 3.02. The Balaban J connectivity index is 1.72. The SMILES string of the molecule is O=C(CCN1C(=O)CCC1=O)NC1CCCCCC1. The number of rotatable bonds is 4. The predicted octanol–water partition coefficient (Wildman–Crippen LogP) is 1.36. The Kier molecular flexibility index (Phi) is 4.93.